The van der Waals surface area contributed by atoms with E-state index in [4.69, 9.17) is 4.74 Å². The summed E-state index contributed by atoms with van der Waals surface area (Å²) < 4.78 is 5.55. The van der Waals surface area contributed by atoms with Crippen molar-refractivity contribution >= 4 is 11.8 Å². The van der Waals surface area contributed by atoms with Gasteiger partial charge >= 0.3 is 0 Å². The lowest BCUT2D eigenvalue weighted by Gasteiger charge is -2.16. The molecule has 15 heavy (non-hydrogen) atoms. The summed E-state index contributed by atoms with van der Waals surface area (Å²) in [5.41, 5.74) is -0.331. The summed E-state index contributed by atoms with van der Waals surface area (Å²) in [6, 6.07) is 0. The first-order chi connectivity index (χ1) is 6.86. The molecular weight excluding hydrogens is 194 g/mol. The Morgan fingerprint density at radius 2 is 1.67 bits per heavy atom. The summed E-state index contributed by atoms with van der Waals surface area (Å²) >= 11 is 0. The van der Waals surface area contributed by atoms with Crippen molar-refractivity contribution in [1.29, 1.82) is 0 Å². The summed E-state index contributed by atoms with van der Waals surface area (Å²) in [5.74, 6) is -0.441. The van der Waals surface area contributed by atoms with Gasteiger partial charge in [-0.05, 0) is 27.2 Å². The van der Waals surface area contributed by atoms with Crippen molar-refractivity contribution in [2.75, 3.05) is 6.54 Å². The van der Waals surface area contributed by atoms with E-state index in [1.165, 1.54) is 17.1 Å². The molecule has 1 fully saturated rings. The first-order valence-electron chi connectivity index (χ1n) is 5.09. The molecule has 0 bridgehead atoms. The zero-order valence-electron chi connectivity index (χ0n) is 9.24. The van der Waals surface area contributed by atoms with Crippen LogP contribution in [0, 0.1) is 0 Å². The van der Waals surface area contributed by atoms with Crippen molar-refractivity contribution in [2.45, 2.75) is 38.4 Å². The summed E-state index contributed by atoms with van der Waals surface area (Å²) in [4.78, 5) is 23.8. The molecule has 0 aromatic heterocycles. The molecule has 2 amide bonds. The minimum atomic E-state index is -0.220. The van der Waals surface area contributed by atoms with Gasteiger partial charge in [-0.3, -0.25) is 14.5 Å². The van der Waals surface area contributed by atoms with Crippen molar-refractivity contribution in [3.8, 4) is 0 Å². The van der Waals surface area contributed by atoms with E-state index in [0.29, 0.717) is 13.0 Å². The van der Waals surface area contributed by atoms with Gasteiger partial charge in [0.05, 0.1) is 11.2 Å². The van der Waals surface area contributed by atoms with E-state index in [2.05, 4.69) is 0 Å². The number of ether oxygens (including phenoxy) is 1. The van der Waals surface area contributed by atoms with Crippen LogP contribution in [0.15, 0.2) is 12.2 Å². The minimum Gasteiger partial charge on any atom is -0.363 e. The number of rotatable bonds is 3. The number of nitrogens with zero attached hydrogens (tertiary/aromatic N) is 1. The van der Waals surface area contributed by atoms with Gasteiger partial charge in [-0.1, -0.05) is 0 Å². The van der Waals surface area contributed by atoms with Crippen LogP contribution in [0.2, 0.25) is 0 Å². The first kappa shape index (κ1) is 10.4. The van der Waals surface area contributed by atoms with Crippen molar-refractivity contribution in [3.05, 3.63) is 12.2 Å². The van der Waals surface area contributed by atoms with Crippen molar-refractivity contribution < 1.29 is 14.3 Å². The Kier molecular flexibility index (Phi) is 2.01. The van der Waals surface area contributed by atoms with Crippen LogP contribution in [0.4, 0.5) is 0 Å². The highest BCUT2D eigenvalue weighted by atomic mass is 16.6. The van der Waals surface area contributed by atoms with Crippen LogP contribution >= 0.6 is 0 Å². The molecule has 4 heteroatoms. The Labute approximate surface area is 88.9 Å². The van der Waals surface area contributed by atoms with Crippen LogP contribution in [-0.2, 0) is 14.3 Å². The number of hydrogen-bond donors (Lipinski definition) is 0. The number of epoxide rings is 1. The quantitative estimate of drug-likeness (QED) is 0.512. The molecule has 0 radical (unpaired) electrons. The highest BCUT2D eigenvalue weighted by Gasteiger charge is 2.59. The minimum absolute atomic E-state index is 0.133. The molecule has 2 rings (SSSR count). The Morgan fingerprint density at radius 3 is 2.07 bits per heavy atom. The monoisotopic (exact) mass is 209 g/mol. The Morgan fingerprint density at radius 1 is 1.20 bits per heavy atom. The molecule has 2 heterocycles. The van der Waals surface area contributed by atoms with Crippen LogP contribution in [0.3, 0.4) is 0 Å². The van der Waals surface area contributed by atoms with Gasteiger partial charge in [-0.2, -0.15) is 0 Å². The van der Waals surface area contributed by atoms with Gasteiger partial charge in [0.25, 0.3) is 11.8 Å². The lowest BCUT2D eigenvalue weighted by Crippen LogP contribution is -2.34. The normalized spacial score (nSPS) is 32.6. The van der Waals surface area contributed by atoms with E-state index in [1.54, 1.807) is 0 Å². The zero-order chi connectivity index (χ0) is 11.3. The number of imide groups is 1. The van der Waals surface area contributed by atoms with Crippen LogP contribution in [-0.4, -0.2) is 34.5 Å². The predicted octanol–water partition coefficient (Wildman–Crippen LogP) is 0.869. The van der Waals surface area contributed by atoms with Crippen LogP contribution < -0.4 is 0 Å². The highest BCUT2D eigenvalue weighted by Crippen LogP contribution is 2.49. The zero-order valence-corrected chi connectivity index (χ0v) is 9.24. The third kappa shape index (κ3) is 1.59. The van der Waals surface area contributed by atoms with Crippen LogP contribution in [0.25, 0.3) is 0 Å². The molecule has 0 aromatic carbocycles. The fraction of sp³-hybridized carbons (Fsp3) is 0.636. The third-order valence-corrected chi connectivity index (χ3v) is 3.43. The third-order valence-electron chi connectivity index (χ3n) is 3.43. The summed E-state index contributed by atoms with van der Waals surface area (Å²) in [6.07, 6.45) is 3.31. The van der Waals surface area contributed by atoms with Gasteiger partial charge in [0.2, 0.25) is 0 Å². The molecule has 4 nitrogen and oxygen atoms in total. The maximum atomic E-state index is 11.3. The van der Waals surface area contributed by atoms with E-state index in [0.717, 1.165) is 0 Å². The molecule has 0 aromatic rings. The molecule has 82 valence electrons. The molecular formula is C11H15NO3. The topological polar surface area (TPSA) is 49.9 Å². The standard InChI is InChI=1S/C11H15NO3/c1-10(2)11(3,15-10)6-7-12-8(13)4-5-9(12)14/h4-5H,6-7H2,1-3H3. The Bertz CT molecular complexity index is 341. The maximum Gasteiger partial charge on any atom is 0.253 e. The van der Waals surface area contributed by atoms with E-state index < -0.39 is 0 Å². The smallest absolute Gasteiger partial charge is 0.253 e. The van der Waals surface area contributed by atoms with Crippen molar-refractivity contribution in [2.24, 2.45) is 0 Å². The summed E-state index contributed by atoms with van der Waals surface area (Å²) in [7, 11) is 0. The summed E-state index contributed by atoms with van der Waals surface area (Å²) in [5, 5.41) is 0. The Hall–Kier alpha value is -1.16. The molecule has 1 unspecified atom stereocenters. The van der Waals surface area contributed by atoms with Gasteiger partial charge in [-0.15, -0.1) is 0 Å². The van der Waals surface area contributed by atoms with E-state index >= 15 is 0 Å². The molecule has 1 atom stereocenters. The SMILES string of the molecule is CC1(C)OC1(C)CCN1C(=O)C=CC1=O. The fourth-order valence-corrected chi connectivity index (χ4v) is 1.87. The second-order valence-corrected chi connectivity index (χ2v) is 4.75. The number of carbonyl (C=O) groups excluding carboxylic acids is 2. The molecule has 2 aliphatic heterocycles. The van der Waals surface area contributed by atoms with E-state index in [1.807, 2.05) is 20.8 Å². The molecule has 0 saturated carbocycles. The van der Waals surface area contributed by atoms with Crippen LogP contribution in [0.1, 0.15) is 27.2 Å². The van der Waals surface area contributed by atoms with Crippen molar-refractivity contribution in [3.63, 3.8) is 0 Å². The van der Waals surface area contributed by atoms with Crippen molar-refractivity contribution in [1.82, 2.24) is 4.90 Å². The number of amides is 2. The second-order valence-electron chi connectivity index (χ2n) is 4.75. The predicted molar refractivity (Wildman–Crippen MR) is 54.0 cm³/mol. The van der Waals surface area contributed by atoms with Gasteiger partial charge < -0.3 is 4.74 Å². The number of carbonyl (C=O) groups is 2. The van der Waals surface area contributed by atoms with Gasteiger partial charge in [0.1, 0.15) is 0 Å². The van der Waals surface area contributed by atoms with E-state index in [9.17, 15) is 9.59 Å². The molecule has 0 aliphatic carbocycles. The lowest BCUT2D eigenvalue weighted by atomic mass is 9.94. The van der Waals surface area contributed by atoms with Gasteiger partial charge in [0, 0.05) is 18.7 Å². The number of hydrogen-bond acceptors (Lipinski definition) is 3. The maximum absolute atomic E-state index is 11.3. The largest absolute Gasteiger partial charge is 0.363 e. The Balaban J connectivity index is 1.90. The van der Waals surface area contributed by atoms with Crippen LogP contribution in [0.5, 0.6) is 0 Å². The highest BCUT2D eigenvalue weighted by molar-refractivity contribution is 6.12. The molecule has 0 spiro atoms. The van der Waals surface area contributed by atoms with Gasteiger partial charge in [0.15, 0.2) is 0 Å². The summed E-state index contributed by atoms with van der Waals surface area (Å²) in [6.45, 7) is 6.47. The van der Waals surface area contributed by atoms with E-state index in [-0.39, 0.29) is 23.0 Å². The molecule has 2 aliphatic rings. The van der Waals surface area contributed by atoms with Gasteiger partial charge in [-0.25, -0.2) is 0 Å². The first-order valence-corrected chi connectivity index (χ1v) is 5.09. The molecule has 0 N–H and O–H groups in total. The average Bonchev–Trinajstić information content (AvgIpc) is 2.46. The lowest BCUT2D eigenvalue weighted by molar-refractivity contribution is -0.136. The average molecular weight is 209 g/mol. The molecule has 1 saturated heterocycles. The fourth-order valence-electron chi connectivity index (χ4n) is 1.87. The second kappa shape index (κ2) is 2.92.